The van der Waals surface area contributed by atoms with Crippen LogP contribution in [0.2, 0.25) is 0 Å². The first kappa shape index (κ1) is 11.9. The average Bonchev–Trinajstić information content (AvgIpc) is 2.04. The molecule has 1 unspecified atom stereocenters. The molecule has 0 aromatic heterocycles. The van der Waals surface area contributed by atoms with E-state index in [9.17, 15) is 9.36 Å². The fourth-order valence-corrected chi connectivity index (χ4v) is 2.34. The van der Waals surface area contributed by atoms with Crippen molar-refractivity contribution in [3.05, 3.63) is 0 Å². The highest BCUT2D eigenvalue weighted by Crippen LogP contribution is 2.47. The van der Waals surface area contributed by atoms with Crippen molar-refractivity contribution >= 4 is 12.9 Å². The maximum atomic E-state index is 11.6. The largest absolute Gasteiger partial charge is 0.327 e. The Kier molecular flexibility index (Phi) is 5.43. The fraction of sp³-hybridized carbons (Fsp3) is 0.875. The van der Waals surface area contributed by atoms with Crippen molar-refractivity contribution in [2.45, 2.75) is 33.1 Å². The van der Waals surface area contributed by atoms with Crippen molar-refractivity contribution in [3.8, 4) is 0 Å². The van der Waals surface area contributed by atoms with Gasteiger partial charge in [-0.25, -0.2) is 0 Å². The predicted molar refractivity (Wildman–Crippen MR) is 49.7 cm³/mol. The third-order valence-electron chi connectivity index (χ3n) is 1.83. The highest BCUT2D eigenvalue weighted by molar-refractivity contribution is 7.76. The molecule has 0 aromatic carbocycles. The molecular formula is C8H17O3P. The van der Waals surface area contributed by atoms with Crippen LogP contribution in [0, 0.1) is 0 Å². The van der Waals surface area contributed by atoms with Gasteiger partial charge in [0.15, 0.2) is 0 Å². The Morgan fingerprint density at radius 3 is 2.33 bits per heavy atom. The number of hydrogen-bond acceptors (Lipinski definition) is 3. The summed E-state index contributed by atoms with van der Waals surface area (Å²) in [5, 5.41) is 0. The van der Waals surface area contributed by atoms with Gasteiger partial charge in [0, 0.05) is 20.2 Å². The van der Waals surface area contributed by atoms with E-state index in [0.717, 1.165) is 19.3 Å². The minimum absolute atomic E-state index is 0.318. The second kappa shape index (κ2) is 5.50. The molecule has 0 aromatic rings. The molecule has 0 spiro atoms. The Morgan fingerprint density at radius 1 is 1.42 bits per heavy atom. The average molecular weight is 192 g/mol. The van der Waals surface area contributed by atoms with Gasteiger partial charge >= 0.3 is 0 Å². The normalized spacial score (nSPS) is 15.6. The zero-order valence-corrected chi connectivity index (χ0v) is 8.89. The van der Waals surface area contributed by atoms with Gasteiger partial charge < -0.3 is 4.52 Å². The Balaban J connectivity index is 3.98. The van der Waals surface area contributed by atoms with Crippen molar-refractivity contribution in [2.24, 2.45) is 0 Å². The van der Waals surface area contributed by atoms with Crippen LogP contribution in [0.5, 0.6) is 0 Å². The van der Waals surface area contributed by atoms with E-state index < -0.39 is 7.37 Å². The quantitative estimate of drug-likeness (QED) is 0.480. The maximum Gasteiger partial charge on any atom is 0.266 e. The fourth-order valence-electron chi connectivity index (χ4n) is 0.947. The molecule has 0 saturated heterocycles. The molecule has 0 radical (unpaired) electrons. The van der Waals surface area contributed by atoms with Gasteiger partial charge in [-0.2, -0.15) is 0 Å². The molecule has 0 rings (SSSR count). The van der Waals surface area contributed by atoms with Gasteiger partial charge in [-0.1, -0.05) is 19.8 Å². The Hall–Kier alpha value is -0.140. The lowest BCUT2D eigenvalue weighted by Gasteiger charge is -2.11. The molecular weight excluding hydrogens is 175 g/mol. The predicted octanol–water partition coefficient (Wildman–Crippen LogP) is 2.65. The standard InChI is InChI=1S/C8H17O3P/c1-4-5-6-7-12(10,11-3)8(2)9/h4-7H2,1-3H3. The molecule has 0 bridgehead atoms. The summed E-state index contributed by atoms with van der Waals surface area (Å²) in [5.74, 6) is 0. The number of hydrogen-bond donors (Lipinski definition) is 0. The zero-order chi connectivity index (χ0) is 9.61. The van der Waals surface area contributed by atoms with Crippen LogP contribution in [-0.2, 0) is 13.9 Å². The van der Waals surface area contributed by atoms with Crippen LogP contribution in [0.3, 0.4) is 0 Å². The van der Waals surface area contributed by atoms with E-state index in [1.54, 1.807) is 0 Å². The van der Waals surface area contributed by atoms with Gasteiger partial charge in [-0.3, -0.25) is 9.36 Å². The maximum absolute atomic E-state index is 11.6. The summed E-state index contributed by atoms with van der Waals surface area (Å²) in [4.78, 5) is 10.9. The summed E-state index contributed by atoms with van der Waals surface area (Å²) >= 11 is 0. The van der Waals surface area contributed by atoms with Crippen LogP contribution in [0.25, 0.3) is 0 Å². The highest BCUT2D eigenvalue weighted by Gasteiger charge is 2.26. The van der Waals surface area contributed by atoms with Crippen LogP contribution in [0.4, 0.5) is 0 Å². The molecule has 3 nitrogen and oxygen atoms in total. The summed E-state index contributed by atoms with van der Waals surface area (Å²) in [6.07, 6.45) is 3.26. The van der Waals surface area contributed by atoms with Gasteiger partial charge in [0.1, 0.15) is 0 Å². The van der Waals surface area contributed by atoms with Crippen LogP contribution in [-0.4, -0.2) is 18.8 Å². The van der Waals surface area contributed by atoms with E-state index in [-0.39, 0.29) is 5.52 Å². The number of carbonyl (C=O) groups excluding carboxylic acids is 1. The topological polar surface area (TPSA) is 43.4 Å². The molecule has 0 saturated carbocycles. The second-order valence-electron chi connectivity index (χ2n) is 2.81. The van der Waals surface area contributed by atoms with Crippen LogP contribution >= 0.6 is 7.37 Å². The molecule has 12 heavy (non-hydrogen) atoms. The summed E-state index contributed by atoms with van der Waals surface area (Å²) < 4.78 is 16.3. The molecule has 0 aliphatic rings. The molecule has 1 atom stereocenters. The number of carbonyl (C=O) groups is 1. The third kappa shape index (κ3) is 3.51. The van der Waals surface area contributed by atoms with Crippen molar-refractivity contribution in [3.63, 3.8) is 0 Å². The van der Waals surface area contributed by atoms with Crippen molar-refractivity contribution in [1.82, 2.24) is 0 Å². The molecule has 72 valence electrons. The molecule has 0 aliphatic carbocycles. The highest BCUT2D eigenvalue weighted by atomic mass is 31.2. The monoisotopic (exact) mass is 192 g/mol. The molecule has 0 fully saturated rings. The Labute approximate surface area is 73.9 Å². The van der Waals surface area contributed by atoms with E-state index in [2.05, 4.69) is 6.92 Å². The van der Waals surface area contributed by atoms with Gasteiger partial charge in [0.2, 0.25) is 5.52 Å². The summed E-state index contributed by atoms with van der Waals surface area (Å²) in [7, 11) is -1.60. The minimum Gasteiger partial charge on any atom is -0.327 e. The third-order valence-corrected chi connectivity index (χ3v) is 4.29. The lowest BCUT2D eigenvalue weighted by Crippen LogP contribution is -2.01. The lowest BCUT2D eigenvalue weighted by molar-refractivity contribution is -0.110. The Bertz CT molecular complexity index is 189. The first-order chi connectivity index (χ1) is 5.56. The van der Waals surface area contributed by atoms with E-state index in [1.165, 1.54) is 14.0 Å². The summed E-state index contributed by atoms with van der Waals surface area (Å²) in [5.41, 5.74) is -0.318. The molecule has 4 heteroatoms. The van der Waals surface area contributed by atoms with Gasteiger partial charge in [-0.05, 0) is 6.42 Å². The van der Waals surface area contributed by atoms with Crippen molar-refractivity contribution < 1.29 is 13.9 Å². The molecule has 0 aliphatic heterocycles. The summed E-state index contributed by atoms with van der Waals surface area (Å²) in [6, 6.07) is 0. The van der Waals surface area contributed by atoms with E-state index in [1.807, 2.05) is 0 Å². The minimum atomic E-state index is -2.94. The van der Waals surface area contributed by atoms with Gasteiger partial charge in [-0.15, -0.1) is 0 Å². The first-order valence-electron chi connectivity index (χ1n) is 4.22. The Morgan fingerprint density at radius 2 is 2.00 bits per heavy atom. The van der Waals surface area contributed by atoms with E-state index in [4.69, 9.17) is 4.52 Å². The van der Waals surface area contributed by atoms with Crippen LogP contribution in [0.15, 0.2) is 0 Å². The van der Waals surface area contributed by atoms with Crippen LogP contribution in [0.1, 0.15) is 33.1 Å². The number of unbranched alkanes of at least 4 members (excludes halogenated alkanes) is 2. The van der Waals surface area contributed by atoms with Crippen molar-refractivity contribution in [1.29, 1.82) is 0 Å². The first-order valence-corrected chi connectivity index (χ1v) is 6.03. The molecule has 0 amide bonds. The lowest BCUT2D eigenvalue weighted by atomic mass is 10.3. The van der Waals surface area contributed by atoms with Gasteiger partial charge in [0.25, 0.3) is 7.37 Å². The van der Waals surface area contributed by atoms with Crippen LogP contribution < -0.4 is 0 Å². The second-order valence-corrected chi connectivity index (χ2v) is 5.59. The molecule has 0 N–H and O–H groups in total. The zero-order valence-electron chi connectivity index (χ0n) is 8.00. The SMILES string of the molecule is CCCCCP(=O)(OC)C(C)=O. The van der Waals surface area contributed by atoms with E-state index in [0.29, 0.717) is 6.16 Å². The number of rotatable bonds is 6. The summed E-state index contributed by atoms with van der Waals surface area (Å²) in [6.45, 7) is 3.39. The van der Waals surface area contributed by atoms with Gasteiger partial charge in [0.05, 0.1) is 0 Å². The van der Waals surface area contributed by atoms with Crippen molar-refractivity contribution in [2.75, 3.05) is 13.3 Å². The smallest absolute Gasteiger partial charge is 0.266 e. The van der Waals surface area contributed by atoms with E-state index >= 15 is 0 Å². The molecule has 0 heterocycles.